The first-order valence-electron chi connectivity index (χ1n) is 49.4. The van der Waals surface area contributed by atoms with Crippen molar-refractivity contribution in [1.82, 2.24) is 13.7 Å². The van der Waals surface area contributed by atoms with E-state index in [1.165, 1.54) is 100 Å². The Balaban J connectivity index is 0.800. The summed E-state index contributed by atoms with van der Waals surface area (Å²) in [7, 11) is 0. The van der Waals surface area contributed by atoms with E-state index >= 15 is 0 Å². The summed E-state index contributed by atoms with van der Waals surface area (Å²) >= 11 is 0. The first kappa shape index (κ1) is 89.6. The highest BCUT2D eigenvalue weighted by Crippen LogP contribution is 2.50. The summed E-state index contributed by atoms with van der Waals surface area (Å²) in [6, 6.07) is 151. The Labute approximate surface area is 829 Å². The minimum Gasteiger partial charge on any atom is -0.336 e. The Morgan fingerprint density at radius 2 is 0.227 bits per heavy atom. The Morgan fingerprint density at radius 1 is 0.128 bits per heavy atom. The molecule has 0 aliphatic rings. The molecule has 3 aromatic heterocycles. The van der Waals surface area contributed by atoms with Gasteiger partial charge >= 0.3 is 0 Å². The summed E-state index contributed by atoms with van der Waals surface area (Å²) in [4.78, 5) is 14.6. The number of hydrogen-bond donors (Lipinski definition) is 0. The second kappa shape index (κ2) is 37.0. The molecule has 0 saturated carbocycles. The highest BCUT2D eigenvalue weighted by atomic mass is 15.2. The Bertz CT molecular complexity index is 6920. The number of hydrogen-bond acceptors (Lipinski definition) is 6. The van der Waals surface area contributed by atoms with Gasteiger partial charge in [0, 0.05) is 187 Å². The first-order chi connectivity index (χ1) is 68.5. The van der Waals surface area contributed by atoms with Crippen molar-refractivity contribution in [3.8, 4) is 0 Å². The van der Waals surface area contributed by atoms with Gasteiger partial charge in [-0.05, 0) is 392 Å². The van der Waals surface area contributed by atoms with Gasteiger partial charge in [-0.2, -0.15) is 0 Å². The zero-order chi connectivity index (χ0) is 96.7. The SMILES string of the molecule is Cc1ccc(N(c2ccc(C)cc2)c2ccc3c(c2)c2cc(N(c4ccc(C)cc4)c4ccc(C)cc4)ccc2n3Cc2c(C)c(Cn3c4ccc(N(c5ccc(C)cc5)c5ccc(C)cc5)cc4c4cc(N(c5ccc(C)cc5)c5ccc(C)cc5)ccc43)c(C)c(Cn3c4ccc(N(c5ccc(C)cc5)c5ccc(C)cc5)cc4c4cc(N(c5ccc(C)cc5)c5ccc(C)cc5)ccc43)c2C)cc1. The number of aryl methyl sites for hydroxylation is 12. The quantitative estimate of drug-likeness (QED) is 0.0600. The molecule has 0 aliphatic carbocycles. The predicted octanol–water partition coefficient (Wildman–Crippen LogP) is 36.6. The maximum Gasteiger partial charge on any atom is 0.0496 e. The molecule has 19 aromatic carbocycles. The largest absolute Gasteiger partial charge is 0.336 e. The number of benzene rings is 19. The number of aromatic nitrogens is 3. The van der Waals surface area contributed by atoms with Crippen LogP contribution < -0.4 is 29.4 Å². The lowest BCUT2D eigenvalue weighted by atomic mass is 9.87. The van der Waals surface area contributed by atoms with E-state index in [9.17, 15) is 0 Å². The van der Waals surface area contributed by atoms with Gasteiger partial charge in [0.05, 0.1) is 0 Å². The molecule has 9 nitrogen and oxygen atoms in total. The van der Waals surface area contributed by atoms with Crippen molar-refractivity contribution < 1.29 is 0 Å². The van der Waals surface area contributed by atoms with Gasteiger partial charge < -0.3 is 43.1 Å². The molecule has 0 fully saturated rings. The zero-order valence-electron chi connectivity index (χ0n) is 83.3. The molecule has 0 bridgehead atoms. The van der Waals surface area contributed by atoms with Gasteiger partial charge in [-0.15, -0.1) is 0 Å². The van der Waals surface area contributed by atoms with Crippen molar-refractivity contribution in [2.24, 2.45) is 0 Å². The molecule has 141 heavy (non-hydrogen) atoms. The van der Waals surface area contributed by atoms with Crippen LogP contribution in [0.4, 0.5) is 102 Å². The van der Waals surface area contributed by atoms with Crippen molar-refractivity contribution in [2.75, 3.05) is 29.4 Å². The number of rotatable bonds is 24. The highest BCUT2D eigenvalue weighted by molar-refractivity contribution is 6.14. The Hall–Kier alpha value is -16.6. The van der Waals surface area contributed by atoms with E-state index in [0.29, 0.717) is 19.6 Å². The molecule has 0 N–H and O–H groups in total. The third-order valence-corrected chi connectivity index (χ3v) is 29.2. The fourth-order valence-electron chi connectivity index (χ4n) is 21.2. The zero-order valence-corrected chi connectivity index (χ0v) is 83.3. The van der Waals surface area contributed by atoms with E-state index in [1.54, 1.807) is 0 Å². The summed E-state index contributed by atoms with van der Waals surface area (Å²) in [5, 5.41) is 6.98. The summed E-state index contributed by atoms with van der Waals surface area (Å²) in [6.45, 7) is 35.1. The van der Waals surface area contributed by atoms with Crippen LogP contribution >= 0.6 is 0 Å². The van der Waals surface area contributed by atoms with E-state index in [1.807, 2.05) is 0 Å². The van der Waals surface area contributed by atoms with Crippen molar-refractivity contribution >= 4 is 168 Å². The summed E-state index contributed by atoms with van der Waals surface area (Å²) in [6.07, 6.45) is 0. The van der Waals surface area contributed by atoms with E-state index in [4.69, 9.17) is 0 Å². The van der Waals surface area contributed by atoms with Gasteiger partial charge in [0.1, 0.15) is 0 Å². The molecule has 690 valence electrons. The second-order valence-corrected chi connectivity index (χ2v) is 39.3. The van der Waals surface area contributed by atoms with Crippen LogP contribution in [-0.2, 0) is 19.6 Å². The van der Waals surface area contributed by atoms with Crippen molar-refractivity contribution in [3.63, 3.8) is 0 Å². The Morgan fingerprint density at radius 3 is 0.333 bits per heavy atom. The lowest BCUT2D eigenvalue weighted by molar-refractivity contribution is 0.789. The third kappa shape index (κ3) is 17.2. The van der Waals surface area contributed by atoms with Crippen LogP contribution in [0.25, 0.3) is 65.4 Å². The molecule has 0 saturated heterocycles. The summed E-state index contributed by atoms with van der Waals surface area (Å²) in [5.41, 5.74) is 48.6. The fourth-order valence-corrected chi connectivity index (χ4v) is 21.2. The smallest absolute Gasteiger partial charge is 0.0496 e. The average molecular weight is 1830 g/mol. The molecule has 0 radical (unpaired) electrons. The lowest BCUT2D eigenvalue weighted by Gasteiger charge is -2.27. The van der Waals surface area contributed by atoms with Gasteiger partial charge in [0.2, 0.25) is 0 Å². The summed E-state index contributed by atoms with van der Waals surface area (Å²) in [5.74, 6) is 0. The monoisotopic (exact) mass is 1830 g/mol. The van der Waals surface area contributed by atoms with Gasteiger partial charge in [0.25, 0.3) is 0 Å². The van der Waals surface area contributed by atoms with Crippen molar-refractivity contribution in [2.45, 2.75) is 123 Å². The van der Waals surface area contributed by atoms with Gasteiger partial charge in [0.15, 0.2) is 0 Å². The first-order valence-corrected chi connectivity index (χ1v) is 49.4. The molecular formula is C132H117N9. The molecule has 0 amide bonds. The van der Waals surface area contributed by atoms with Crippen LogP contribution in [-0.4, -0.2) is 13.7 Å². The van der Waals surface area contributed by atoms with E-state index in [0.717, 1.165) is 168 Å². The lowest BCUT2D eigenvalue weighted by Crippen LogP contribution is -2.15. The predicted molar refractivity (Wildman–Crippen MR) is 601 cm³/mol. The number of nitrogens with zero attached hydrogens (tertiary/aromatic N) is 9. The Kier molecular flexibility index (Phi) is 23.5. The maximum absolute atomic E-state index is 2.65. The number of fused-ring (bicyclic) bond motifs is 9. The topological polar surface area (TPSA) is 34.2 Å². The molecule has 0 spiro atoms. The molecule has 22 aromatic rings. The van der Waals surface area contributed by atoms with Crippen LogP contribution in [0, 0.1) is 104 Å². The standard InChI is InChI=1S/C132H117N9/c1-85-16-40-100(41-17-85)136(101-42-18-86(2)19-43-101)112-64-70-127-118(76-112)119-77-113(137(102-44-20-87(3)21-45-102)103-46-22-88(4)23-47-103)65-71-128(119)133(127)82-124-97(13)125(83-134-129-72-66-114(138(104-48-24-89(5)25-49-104)105-50-26-90(6)27-51-105)78-120(129)121-79-115(67-73-130(121)134)139(106-52-28-91(7)29-53-106)107-54-30-92(8)31-55-107)99(15)126(98(124)14)84-135-131-74-68-116(140(108-56-32-93(9)33-57-108)109-58-34-94(10)35-59-109)80-122(131)123-81-117(69-75-132(123)135)141(110-60-36-95(11)37-61-110)111-62-38-96(12)39-63-111/h16-81H,82-84H2,1-15H3. The van der Waals surface area contributed by atoms with Crippen LogP contribution in [0.3, 0.4) is 0 Å². The molecule has 9 heteroatoms. The summed E-state index contributed by atoms with van der Waals surface area (Å²) < 4.78 is 7.95. The van der Waals surface area contributed by atoms with E-state index in [2.05, 4.69) is 547 Å². The molecule has 0 aliphatic heterocycles. The molecule has 3 heterocycles. The van der Waals surface area contributed by atoms with Crippen LogP contribution in [0.1, 0.15) is 100 Å². The molecule has 22 rings (SSSR count). The van der Waals surface area contributed by atoms with Crippen LogP contribution in [0.5, 0.6) is 0 Å². The normalized spacial score (nSPS) is 11.6. The molecule has 0 atom stereocenters. The average Bonchev–Trinajstić information content (AvgIpc) is 1.59. The fraction of sp³-hybridized carbons (Fsp3) is 0.136. The minimum absolute atomic E-state index is 0.569. The van der Waals surface area contributed by atoms with Gasteiger partial charge in [-0.25, -0.2) is 0 Å². The second-order valence-electron chi connectivity index (χ2n) is 39.3. The number of anilines is 18. The van der Waals surface area contributed by atoms with Gasteiger partial charge in [-0.1, -0.05) is 212 Å². The van der Waals surface area contributed by atoms with Gasteiger partial charge in [-0.3, -0.25) is 0 Å². The minimum atomic E-state index is 0.569. The third-order valence-electron chi connectivity index (χ3n) is 29.2. The molecule has 0 unspecified atom stereocenters. The molecular weight excluding hydrogens is 1710 g/mol. The van der Waals surface area contributed by atoms with E-state index in [-0.39, 0.29) is 0 Å². The maximum atomic E-state index is 2.65. The van der Waals surface area contributed by atoms with E-state index < -0.39 is 0 Å². The van der Waals surface area contributed by atoms with Crippen LogP contribution in [0.2, 0.25) is 0 Å². The van der Waals surface area contributed by atoms with Crippen molar-refractivity contribution in [3.05, 3.63) is 501 Å². The van der Waals surface area contributed by atoms with Crippen LogP contribution in [0.15, 0.2) is 400 Å². The van der Waals surface area contributed by atoms with Crippen molar-refractivity contribution in [1.29, 1.82) is 0 Å². The highest BCUT2D eigenvalue weighted by Gasteiger charge is 2.30.